The van der Waals surface area contributed by atoms with Crippen molar-refractivity contribution in [3.05, 3.63) is 40.2 Å². The zero-order valence-electron chi connectivity index (χ0n) is 10.3. The molecule has 6 nitrogen and oxygen atoms in total. The fraction of sp³-hybridized carbons (Fsp3) is 0.250. The Morgan fingerprint density at radius 1 is 1.42 bits per heavy atom. The van der Waals surface area contributed by atoms with E-state index in [9.17, 15) is 4.79 Å². The lowest BCUT2D eigenvalue weighted by Gasteiger charge is -2.03. The molecule has 0 atom stereocenters. The quantitative estimate of drug-likeness (QED) is 0.849. The van der Waals surface area contributed by atoms with E-state index < -0.39 is 0 Å². The summed E-state index contributed by atoms with van der Waals surface area (Å²) < 4.78 is 0. The van der Waals surface area contributed by atoms with E-state index >= 15 is 0 Å². The molecule has 0 amide bonds. The monoisotopic (exact) mass is 273 g/mol. The number of hydrogen-bond donors (Lipinski definition) is 1. The Labute approximate surface area is 114 Å². The summed E-state index contributed by atoms with van der Waals surface area (Å²) in [7, 11) is 0. The van der Waals surface area contributed by atoms with Crippen LogP contribution in [0.3, 0.4) is 0 Å². The summed E-state index contributed by atoms with van der Waals surface area (Å²) in [5.41, 5.74) is 0.746. The van der Waals surface area contributed by atoms with Crippen molar-refractivity contribution < 1.29 is 0 Å². The van der Waals surface area contributed by atoms with Crippen molar-refractivity contribution in [1.82, 2.24) is 19.9 Å². The molecule has 19 heavy (non-hydrogen) atoms. The lowest BCUT2D eigenvalue weighted by atomic mass is 10.2. The van der Waals surface area contributed by atoms with Crippen LogP contribution in [-0.2, 0) is 6.42 Å². The highest BCUT2D eigenvalue weighted by molar-refractivity contribution is 7.99. The van der Waals surface area contributed by atoms with Crippen molar-refractivity contribution in [2.24, 2.45) is 0 Å². The van der Waals surface area contributed by atoms with Gasteiger partial charge in [-0.05, 0) is 18.2 Å². The fourth-order valence-corrected chi connectivity index (χ4v) is 2.29. The van der Waals surface area contributed by atoms with Crippen LogP contribution in [0, 0.1) is 11.3 Å². The fourth-order valence-electron chi connectivity index (χ4n) is 1.48. The zero-order chi connectivity index (χ0) is 13.7. The van der Waals surface area contributed by atoms with Gasteiger partial charge >= 0.3 is 0 Å². The Balaban J connectivity index is 2.33. The van der Waals surface area contributed by atoms with Crippen molar-refractivity contribution in [3.8, 4) is 6.07 Å². The van der Waals surface area contributed by atoms with Gasteiger partial charge in [0.15, 0.2) is 10.9 Å². The Morgan fingerprint density at radius 3 is 2.95 bits per heavy atom. The molecule has 0 spiro atoms. The first-order chi connectivity index (χ1) is 9.22. The predicted octanol–water partition coefficient (Wildman–Crippen LogP) is 1.54. The molecule has 0 bridgehead atoms. The summed E-state index contributed by atoms with van der Waals surface area (Å²) in [6.07, 6.45) is 4.60. The second-order valence-electron chi connectivity index (χ2n) is 3.72. The SMILES string of the molecule is CCCc1cc(=O)[nH]c(Sc2nccnc2C#N)n1. The normalized spacial score (nSPS) is 10.1. The molecule has 0 fully saturated rings. The van der Waals surface area contributed by atoms with Crippen molar-refractivity contribution >= 4 is 11.8 Å². The molecule has 2 aromatic rings. The molecule has 0 aliphatic carbocycles. The third-order valence-corrected chi connectivity index (χ3v) is 3.12. The number of hydrogen-bond acceptors (Lipinski definition) is 6. The Kier molecular flexibility index (Phi) is 4.26. The maximum Gasteiger partial charge on any atom is 0.251 e. The van der Waals surface area contributed by atoms with Crippen LogP contribution in [0.1, 0.15) is 24.7 Å². The largest absolute Gasteiger partial charge is 0.301 e. The number of nitrogens with zero attached hydrogens (tertiary/aromatic N) is 4. The number of aromatic amines is 1. The molecular formula is C12H11N5OS. The van der Waals surface area contributed by atoms with Gasteiger partial charge in [-0.1, -0.05) is 13.3 Å². The summed E-state index contributed by atoms with van der Waals surface area (Å²) in [6, 6.07) is 3.44. The van der Waals surface area contributed by atoms with Crippen LogP contribution in [0.4, 0.5) is 0 Å². The number of nitrogens with one attached hydrogen (secondary N) is 1. The first kappa shape index (κ1) is 13.2. The Hall–Kier alpha value is -2.20. The second kappa shape index (κ2) is 6.11. The van der Waals surface area contributed by atoms with Crippen molar-refractivity contribution in [3.63, 3.8) is 0 Å². The van der Waals surface area contributed by atoms with Gasteiger partial charge in [0, 0.05) is 24.2 Å². The Bertz CT molecular complexity index is 676. The average molecular weight is 273 g/mol. The first-order valence-corrected chi connectivity index (χ1v) is 6.53. The molecule has 96 valence electrons. The number of nitriles is 1. The molecular weight excluding hydrogens is 262 g/mol. The maximum absolute atomic E-state index is 11.5. The van der Waals surface area contributed by atoms with Crippen LogP contribution in [0.15, 0.2) is 33.4 Å². The van der Waals surface area contributed by atoms with Gasteiger partial charge in [-0.3, -0.25) is 4.79 Å². The summed E-state index contributed by atoms with van der Waals surface area (Å²) in [5.74, 6) is 0. The molecule has 2 heterocycles. The molecule has 0 aliphatic rings. The molecule has 0 aromatic carbocycles. The van der Waals surface area contributed by atoms with Crippen LogP contribution in [-0.4, -0.2) is 19.9 Å². The van der Waals surface area contributed by atoms with Crippen LogP contribution in [0.2, 0.25) is 0 Å². The number of aromatic nitrogens is 4. The van der Waals surface area contributed by atoms with E-state index in [2.05, 4.69) is 19.9 Å². The summed E-state index contributed by atoms with van der Waals surface area (Å²) in [5, 5.41) is 9.79. The van der Waals surface area contributed by atoms with Crippen molar-refractivity contribution in [2.75, 3.05) is 0 Å². The minimum absolute atomic E-state index is 0.205. The first-order valence-electron chi connectivity index (χ1n) is 5.72. The van der Waals surface area contributed by atoms with E-state index in [0.717, 1.165) is 30.3 Å². The Morgan fingerprint density at radius 2 is 2.21 bits per heavy atom. The van der Waals surface area contributed by atoms with E-state index in [0.29, 0.717) is 10.2 Å². The number of rotatable bonds is 4. The third kappa shape index (κ3) is 3.39. The topological polar surface area (TPSA) is 95.3 Å². The highest BCUT2D eigenvalue weighted by atomic mass is 32.2. The predicted molar refractivity (Wildman–Crippen MR) is 69.7 cm³/mol. The van der Waals surface area contributed by atoms with Gasteiger partial charge in [-0.2, -0.15) is 5.26 Å². The standard InChI is InChI=1S/C12H11N5OS/c1-2-3-8-6-10(18)17-12(16-8)19-11-9(7-13)14-4-5-15-11/h4-6H,2-3H2,1H3,(H,16,17,18). The van der Waals surface area contributed by atoms with Crippen LogP contribution in [0.5, 0.6) is 0 Å². The molecule has 7 heteroatoms. The molecule has 2 rings (SSSR count). The summed E-state index contributed by atoms with van der Waals surface area (Å²) in [6.45, 7) is 2.02. The lowest BCUT2D eigenvalue weighted by molar-refractivity contribution is 0.814. The van der Waals surface area contributed by atoms with Crippen LogP contribution < -0.4 is 5.56 Å². The highest BCUT2D eigenvalue weighted by Crippen LogP contribution is 2.23. The third-order valence-electron chi connectivity index (χ3n) is 2.24. The van der Waals surface area contributed by atoms with E-state index in [1.807, 2.05) is 13.0 Å². The second-order valence-corrected chi connectivity index (χ2v) is 4.69. The summed E-state index contributed by atoms with van der Waals surface area (Å²) >= 11 is 1.13. The van der Waals surface area contributed by atoms with Gasteiger partial charge in [0.2, 0.25) is 0 Å². The van der Waals surface area contributed by atoms with E-state index in [1.165, 1.54) is 18.5 Å². The van der Waals surface area contributed by atoms with Crippen LogP contribution in [0.25, 0.3) is 0 Å². The average Bonchev–Trinajstić information content (AvgIpc) is 2.39. The van der Waals surface area contributed by atoms with Gasteiger partial charge < -0.3 is 4.98 Å². The maximum atomic E-state index is 11.5. The molecule has 0 unspecified atom stereocenters. The molecule has 2 aromatic heterocycles. The van der Waals surface area contributed by atoms with E-state index in [-0.39, 0.29) is 11.3 Å². The van der Waals surface area contributed by atoms with Gasteiger partial charge in [0.1, 0.15) is 11.1 Å². The van der Waals surface area contributed by atoms with E-state index in [1.54, 1.807) is 0 Å². The van der Waals surface area contributed by atoms with E-state index in [4.69, 9.17) is 5.26 Å². The smallest absolute Gasteiger partial charge is 0.251 e. The van der Waals surface area contributed by atoms with Gasteiger partial charge in [0.25, 0.3) is 5.56 Å². The minimum Gasteiger partial charge on any atom is -0.301 e. The van der Waals surface area contributed by atoms with Gasteiger partial charge in [-0.15, -0.1) is 0 Å². The highest BCUT2D eigenvalue weighted by Gasteiger charge is 2.09. The molecule has 0 aliphatic heterocycles. The van der Waals surface area contributed by atoms with Gasteiger partial charge in [0.05, 0.1) is 0 Å². The zero-order valence-corrected chi connectivity index (χ0v) is 11.1. The van der Waals surface area contributed by atoms with Gasteiger partial charge in [-0.25, -0.2) is 15.0 Å². The number of aryl methyl sites for hydroxylation is 1. The van der Waals surface area contributed by atoms with Crippen LogP contribution >= 0.6 is 11.8 Å². The lowest BCUT2D eigenvalue weighted by Crippen LogP contribution is -2.10. The molecule has 0 saturated heterocycles. The van der Waals surface area contributed by atoms with Crippen molar-refractivity contribution in [1.29, 1.82) is 5.26 Å². The summed E-state index contributed by atoms with van der Waals surface area (Å²) in [4.78, 5) is 26.4. The molecule has 0 radical (unpaired) electrons. The number of H-pyrrole nitrogens is 1. The minimum atomic E-state index is -0.205. The molecule has 0 saturated carbocycles. The van der Waals surface area contributed by atoms with Crippen molar-refractivity contribution in [2.45, 2.75) is 29.9 Å². The molecule has 1 N–H and O–H groups in total.